The van der Waals surface area contributed by atoms with Gasteiger partial charge in [-0.15, -0.1) is 0 Å². The molecular weight excluding hydrogens is 302 g/mol. The van der Waals surface area contributed by atoms with Crippen molar-refractivity contribution in [3.63, 3.8) is 0 Å². The molecule has 1 aromatic carbocycles. The topological polar surface area (TPSA) is 72.5 Å². The Labute approximate surface area is 133 Å². The summed E-state index contributed by atoms with van der Waals surface area (Å²) in [4.78, 5) is 11.9. The molecule has 0 aromatic heterocycles. The summed E-state index contributed by atoms with van der Waals surface area (Å²) < 4.78 is 31.7. The second kappa shape index (κ2) is 8.17. The van der Waals surface area contributed by atoms with Gasteiger partial charge in [-0.2, -0.15) is 0 Å². The number of nitrogens with one attached hydrogen (secondary N) is 1. The highest BCUT2D eigenvalue weighted by molar-refractivity contribution is 7.90. The average Bonchev–Trinajstić information content (AvgIpc) is 2.37. The van der Waals surface area contributed by atoms with Crippen LogP contribution in [0.1, 0.15) is 40.5 Å². The zero-order valence-electron chi connectivity index (χ0n) is 13.6. The standard InChI is InChI=1S/C16H25NO4S/c1-5-21-14-6-8-15(9-7-14)22(19,20)17-16(18)11-13(4)10-12(2)3/h6-9,12-13H,5,10-11H2,1-4H3,(H,17,18). The molecule has 1 rings (SSSR count). The molecule has 0 radical (unpaired) electrons. The lowest BCUT2D eigenvalue weighted by Gasteiger charge is -2.14. The second-order valence-electron chi connectivity index (χ2n) is 5.87. The molecule has 22 heavy (non-hydrogen) atoms. The summed E-state index contributed by atoms with van der Waals surface area (Å²) in [6.07, 6.45) is 1.09. The van der Waals surface area contributed by atoms with Crippen molar-refractivity contribution in [3.8, 4) is 5.75 Å². The van der Waals surface area contributed by atoms with Crippen LogP contribution in [0, 0.1) is 11.8 Å². The molecule has 5 nitrogen and oxygen atoms in total. The second-order valence-corrected chi connectivity index (χ2v) is 7.55. The van der Waals surface area contributed by atoms with Crippen LogP contribution >= 0.6 is 0 Å². The van der Waals surface area contributed by atoms with Crippen molar-refractivity contribution in [2.75, 3.05) is 6.61 Å². The maximum atomic E-state index is 12.1. The summed E-state index contributed by atoms with van der Waals surface area (Å²) in [5, 5.41) is 0. The van der Waals surface area contributed by atoms with E-state index in [2.05, 4.69) is 18.6 Å². The molecule has 0 bridgehead atoms. The zero-order chi connectivity index (χ0) is 16.8. The molecule has 0 heterocycles. The van der Waals surface area contributed by atoms with Crippen molar-refractivity contribution in [3.05, 3.63) is 24.3 Å². The maximum absolute atomic E-state index is 12.1. The summed E-state index contributed by atoms with van der Waals surface area (Å²) in [6, 6.07) is 6.00. The summed E-state index contributed by atoms with van der Waals surface area (Å²) >= 11 is 0. The van der Waals surface area contributed by atoms with Gasteiger partial charge < -0.3 is 4.74 Å². The van der Waals surface area contributed by atoms with E-state index in [4.69, 9.17) is 4.74 Å². The van der Waals surface area contributed by atoms with Crippen molar-refractivity contribution in [1.29, 1.82) is 0 Å². The highest BCUT2D eigenvalue weighted by atomic mass is 32.2. The van der Waals surface area contributed by atoms with E-state index < -0.39 is 15.9 Å². The predicted octanol–water partition coefficient (Wildman–Crippen LogP) is 2.96. The van der Waals surface area contributed by atoms with Gasteiger partial charge in [-0.1, -0.05) is 20.8 Å². The molecule has 1 N–H and O–H groups in total. The fourth-order valence-corrected chi connectivity index (χ4v) is 3.33. The molecule has 124 valence electrons. The molecule has 0 aliphatic rings. The first kappa shape index (κ1) is 18.5. The summed E-state index contributed by atoms with van der Waals surface area (Å²) in [5.41, 5.74) is 0. The van der Waals surface area contributed by atoms with Gasteiger partial charge >= 0.3 is 0 Å². The third-order valence-corrected chi connectivity index (χ3v) is 4.49. The van der Waals surface area contributed by atoms with Crippen LogP contribution in [0.4, 0.5) is 0 Å². The fourth-order valence-electron chi connectivity index (χ4n) is 2.34. The first-order valence-corrected chi connectivity index (χ1v) is 9.01. The van der Waals surface area contributed by atoms with E-state index in [0.717, 1.165) is 6.42 Å². The van der Waals surface area contributed by atoms with E-state index in [0.29, 0.717) is 18.3 Å². The van der Waals surface area contributed by atoms with Crippen molar-refractivity contribution in [2.24, 2.45) is 11.8 Å². The van der Waals surface area contributed by atoms with E-state index in [1.807, 2.05) is 13.8 Å². The Kier molecular flexibility index (Phi) is 6.87. The Morgan fingerprint density at radius 1 is 1.18 bits per heavy atom. The molecule has 0 saturated carbocycles. The molecular formula is C16H25NO4S. The van der Waals surface area contributed by atoms with Crippen LogP contribution in [0.2, 0.25) is 0 Å². The summed E-state index contributed by atoms with van der Waals surface area (Å²) in [5.74, 6) is 0.751. The average molecular weight is 327 g/mol. The van der Waals surface area contributed by atoms with Crippen LogP contribution in [-0.2, 0) is 14.8 Å². The van der Waals surface area contributed by atoms with E-state index in [1.54, 1.807) is 12.1 Å². The minimum Gasteiger partial charge on any atom is -0.494 e. The first-order chi connectivity index (χ1) is 10.2. The van der Waals surface area contributed by atoms with E-state index in [-0.39, 0.29) is 17.2 Å². The normalized spacial score (nSPS) is 13.0. The van der Waals surface area contributed by atoms with Gasteiger partial charge in [-0.3, -0.25) is 4.79 Å². The molecule has 0 aliphatic heterocycles. The van der Waals surface area contributed by atoms with Gasteiger partial charge in [0.15, 0.2) is 0 Å². The number of amides is 1. The molecule has 0 saturated heterocycles. The molecule has 1 aromatic rings. The molecule has 0 spiro atoms. The molecule has 6 heteroatoms. The smallest absolute Gasteiger partial charge is 0.264 e. The van der Waals surface area contributed by atoms with Crippen LogP contribution in [0.15, 0.2) is 29.2 Å². The van der Waals surface area contributed by atoms with Crippen molar-refractivity contribution in [2.45, 2.75) is 45.4 Å². The highest BCUT2D eigenvalue weighted by Gasteiger charge is 2.19. The SMILES string of the molecule is CCOc1ccc(S(=O)(=O)NC(=O)CC(C)CC(C)C)cc1. The van der Waals surface area contributed by atoms with Gasteiger partial charge in [0.2, 0.25) is 5.91 Å². The number of benzene rings is 1. The van der Waals surface area contributed by atoms with Crippen LogP contribution in [0.25, 0.3) is 0 Å². The monoisotopic (exact) mass is 327 g/mol. The van der Waals surface area contributed by atoms with Crippen LogP contribution < -0.4 is 9.46 Å². The zero-order valence-corrected chi connectivity index (χ0v) is 14.4. The van der Waals surface area contributed by atoms with Gasteiger partial charge in [-0.05, 0) is 49.4 Å². The summed E-state index contributed by atoms with van der Waals surface area (Å²) in [7, 11) is -3.82. The third kappa shape index (κ3) is 6.05. The number of carbonyl (C=O) groups excluding carboxylic acids is 1. The van der Waals surface area contributed by atoms with Crippen LogP contribution in [-0.4, -0.2) is 20.9 Å². The molecule has 0 fully saturated rings. The minimum atomic E-state index is -3.82. The lowest BCUT2D eigenvalue weighted by atomic mass is 9.96. The molecule has 1 unspecified atom stereocenters. The number of hydrogen-bond donors (Lipinski definition) is 1. The van der Waals surface area contributed by atoms with Crippen LogP contribution in [0.3, 0.4) is 0 Å². The summed E-state index contributed by atoms with van der Waals surface area (Å²) in [6.45, 7) is 8.46. The quantitative estimate of drug-likeness (QED) is 0.797. The van der Waals surface area contributed by atoms with Gasteiger partial charge in [0.05, 0.1) is 11.5 Å². The van der Waals surface area contributed by atoms with Crippen molar-refractivity contribution < 1.29 is 17.9 Å². The van der Waals surface area contributed by atoms with E-state index >= 15 is 0 Å². The largest absolute Gasteiger partial charge is 0.494 e. The first-order valence-electron chi connectivity index (χ1n) is 7.53. The predicted molar refractivity (Wildman–Crippen MR) is 86.2 cm³/mol. The molecule has 0 aliphatic carbocycles. The Bertz CT molecular complexity index is 579. The van der Waals surface area contributed by atoms with Crippen molar-refractivity contribution >= 4 is 15.9 Å². The number of hydrogen-bond acceptors (Lipinski definition) is 4. The highest BCUT2D eigenvalue weighted by Crippen LogP contribution is 2.17. The Balaban J connectivity index is 2.68. The fraction of sp³-hybridized carbons (Fsp3) is 0.562. The van der Waals surface area contributed by atoms with E-state index in [1.165, 1.54) is 12.1 Å². The Morgan fingerprint density at radius 2 is 1.77 bits per heavy atom. The van der Waals surface area contributed by atoms with Gasteiger partial charge in [0, 0.05) is 6.42 Å². The maximum Gasteiger partial charge on any atom is 0.264 e. The van der Waals surface area contributed by atoms with Crippen LogP contribution in [0.5, 0.6) is 5.75 Å². The number of sulfonamides is 1. The number of carbonyl (C=O) groups is 1. The number of ether oxygens (including phenoxy) is 1. The lowest BCUT2D eigenvalue weighted by Crippen LogP contribution is -2.31. The Morgan fingerprint density at radius 3 is 2.27 bits per heavy atom. The Hall–Kier alpha value is -1.56. The molecule has 1 atom stereocenters. The lowest BCUT2D eigenvalue weighted by molar-refractivity contribution is -0.120. The van der Waals surface area contributed by atoms with Crippen molar-refractivity contribution in [1.82, 2.24) is 4.72 Å². The number of rotatable bonds is 8. The van der Waals surface area contributed by atoms with Gasteiger partial charge in [0.25, 0.3) is 10.0 Å². The minimum absolute atomic E-state index is 0.0563. The van der Waals surface area contributed by atoms with Gasteiger partial charge in [-0.25, -0.2) is 13.1 Å². The third-order valence-electron chi connectivity index (χ3n) is 3.10. The molecule has 1 amide bonds. The van der Waals surface area contributed by atoms with Gasteiger partial charge in [0.1, 0.15) is 5.75 Å². The van der Waals surface area contributed by atoms with E-state index in [9.17, 15) is 13.2 Å².